The van der Waals surface area contributed by atoms with Gasteiger partial charge in [-0.15, -0.1) is 0 Å². The van der Waals surface area contributed by atoms with E-state index in [2.05, 4.69) is 5.10 Å². The van der Waals surface area contributed by atoms with Crippen LogP contribution in [0.1, 0.15) is 37.2 Å². The minimum absolute atomic E-state index is 0.0285. The Hall–Kier alpha value is -2.27. The Labute approximate surface area is 183 Å². The van der Waals surface area contributed by atoms with Crippen molar-refractivity contribution < 1.29 is 31.1 Å². The monoisotopic (exact) mass is 481 g/mol. The van der Waals surface area contributed by atoms with Gasteiger partial charge in [-0.25, -0.2) is 4.72 Å². The van der Waals surface area contributed by atoms with E-state index in [0.29, 0.717) is 35.5 Å². The van der Waals surface area contributed by atoms with Crippen molar-refractivity contribution in [1.82, 2.24) is 14.5 Å². The highest BCUT2D eigenvalue weighted by atomic mass is 35.5. The van der Waals surface area contributed by atoms with Crippen LogP contribution in [0.15, 0.2) is 24.3 Å². The molecule has 0 saturated heterocycles. The predicted molar refractivity (Wildman–Crippen MR) is 109 cm³/mol. The zero-order chi connectivity index (χ0) is 23.4. The molecule has 2 aromatic rings. The van der Waals surface area contributed by atoms with Crippen molar-refractivity contribution in [2.24, 2.45) is 5.92 Å². The molecule has 1 aromatic carbocycles. The number of ether oxygens (including phenoxy) is 1. The molecule has 7 nitrogen and oxygen atoms in total. The first-order valence-electron chi connectivity index (χ1n) is 9.35. The Kier molecular flexibility index (Phi) is 7.98. The molecule has 0 aliphatic heterocycles. The van der Waals surface area contributed by atoms with Crippen molar-refractivity contribution in [2.75, 3.05) is 6.61 Å². The average molecular weight is 482 g/mol. The van der Waals surface area contributed by atoms with Gasteiger partial charge in [0.1, 0.15) is 5.75 Å². The molecular weight excluding hydrogens is 459 g/mol. The van der Waals surface area contributed by atoms with E-state index in [9.17, 15) is 26.4 Å². The van der Waals surface area contributed by atoms with Crippen LogP contribution in [0, 0.1) is 12.8 Å². The Morgan fingerprint density at radius 3 is 2.58 bits per heavy atom. The number of carbonyl (C=O) groups is 1. The first-order chi connectivity index (χ1) is 14.3. The van der Waals surface area contributed by atoms with Gasteiger partial charge in [-0.2, -0.15) is 26.7 Å². The lowest BCUT2D eigenvalue weighted by molar-refractivity contribution is -0.120. The number of rotatable bonds is 9. The van der Waals surface area contributed by atoms with Crippen LogP contribution >= 0.6 is 11.6 Å². The predicted octanol–water partition coefficient (Wildman–Crippen LogP) is 3.83. The molecule has 1 N–H and O–H groups in total. The molecule has 1 heterocycles. The summed E-state index contributed by atoms with van der Waals surface area (Å²) >= 11 is 6.10. The number of carbonyl (C=O) groups excluding carboxylic acids is 1. The van der Waals surface area contributed by atoms with E-state index in [1.165, 1.54) is 0 Å². The summed E-state index contributed by atoms with van der Waals surface area (Å²) in [6.45, 7) is 6.68. The van der Waals surface area contributed by atoms with Crippen molar-refractivity contribution in [3.05, 3.63) is 46.2 Å². The van der Waals surface area contributed by atoms with Crippen molar-refractivity contribution >= 4 is 27.5 Å². The number of hydrogen-bond donors (Lipinski definition) is 1. The lowest BCUT2D eigenvalue weighted by atomic mass is 10.2. The first-order valence-corrected chi connectivity index (χ1v) is 11.2. The number of alkyl halides is 3. The Balaban J connectivity index is 2.07. The van der Waals surface area contributed by atoms with Gasteiger partial charge in [-0.05, 0) is 37.1 Å². The maximum absolute atomic E-state index is 12.3. The van der Waals surface area contributed by atoms with Gasteiger partial charge in [0.15, 0.2) is 0 Å². The number of benzene rings is 1. The molecule has 0 aliphatic rings. The fourth-order valence-corrected chi connectivity index (χ4v) is 3.30. The van der Waals surface area contributed by atoms with Gasteiger partial charge in [0.25, 0.3) is 0 Å². The van der Waals surface area contributed by atoms with E-state index in [4.69, 9.17) is 16.3 Å². The van der Waals surface area contributed by atoms with E-state index in [0.717, 1.165) is 16.0 Å². The summed E-state index contributed by atoms with van der Waals surface area (Å²) < 4.78 is 67.5. The largest absolute Gasteiger partial charge is 0.516 e. The van der Waals surface area contributed by atoms with Gasteiger partial charge in [0.05, 0.1) is 18.8 Å². The quantitative estimate of drug-likeness (QED) is 0.588. The molecule has 0 radical (unpaired) electrons. The summed E-state index contributed by atoms with van der Waals surface area (Å²) in [6, 6.07) is 6.92. The average Bonchev–Trinajstić information content (AvgIpc) is 2.97. The number of nitrogens with one attached hydrogen (secondary N) is 1. The molecule has 2 rings (SSSR count). The summed E-state index contributed by atoms with van der Waals surface area (Å²) in [5, 5.41) is 4.88. The normalized spacial score (nSPS) is 12.3. The molecule has 0 aliphatic carbocycles. The summed E-state index contributed by atoms with van der Waals surface area (Å²) in [5.41, 5.74) is -3.58. The number of aromatic nitrogens is 2. The Morgan fingerprint density at radius 2 is 1.97 bits per heavy atom. The van der Waals surface area contributed by atoms with E-state index < -0.39 is 27.9 Å². The standard InChI is InChI=1S/C19H23ClF3N3O4S/c1-12(2)11-30-17-6-4-15(20)9-14(17)10-26-13(3)8-16(24-26)5-7-18(27)25-31(28,29)19(21,22)23/h4,6,8-9,12H,5,7,10-11H2,1-3H3,(H,25,27). The van der Waals surface area contributed by atoms with Crippen molar-refractivity contribution in [3.63, 3.8) is 0 Å². The highest BCUT2D eigenvalue weighted by Gasteiger charge is 2.46. The third-order valence-corrected chi connectivity index (χ3v) is 5.45. The van der Waals surface area contributed by atoms with Gasteiger partial charge in [0, 0.05) is 29.1 Å². The van der Waals surface area contributed by atoms with Gasteiger partial charge in [-0.1, -0.05) is 25.4 Å². The SMILES string of the molecule is Cc1cc(CCC(=O)NS(=O)(=O)C(F)(F)F)nn1Cc1cc(Cl)ccc1OCC(C)C. The molecule has 1 aromatic heterocycles. The molecular formula is C19H23ClF3N3O4S. The van der Waals surface area contributed by atoms with Crippen LogP contribution in [0.2, 0.25) is 5.02 Å². The highest BCUT2D eigenvalue weighted by molar-refractivity contribution is 7.90. The second-order valence-corrected chi connectivity index (χ2v) is 9.48. The van der Waals surface area contributed by atoms with Gasteiger partial charge < -0.3 is 4.74 Å². The molecule has 0 spiro atoms. The van der Waals surface area contributed by atoms with Crippen LogP contribution in [0.4, 0.5) is 13.2 Å². The minimum atomic E-state index is -5.72. The van der Waals surface area contributed by atoms with E-state index in [1.54, 1.807) is 35.9 Å². The fourth-order valence-electron chi connectivity index (χ4n) is 2.59. The molecule has 0 fully saturated rings. The number of halogens is 4. The van der Waals surface area contributed by atoms with Crippen LogP contribution in [0.25, 0.3) is 0 Å². The van der Waals surface area contributed by atoms with Crippen molar-refractivity contribution in [3.8, 4) is 5.75 Å². The smallest absolute Gasteiger partial charge is 0.493 e. The molecule has 1 amide bonds. The highest BCUT2D eigenvalue weighted by Crippen LogP contribution is 2.25. The molecule has 0 atom stereocenters. The molecule has 172 valence electrons. The molecule has 0 bridgehead atoms. The number of aryl methyl sites for hydroxylation is 2. The zero-order valence-corrected chi connectivity index (χ0v) is 18.7. The number of nitrogens with zero attached hydrogens (tertiary/aromatic N) is 2. The second-order valence-electron chi connectivity index (χ2n) is 7.37. The molecule has 0 unspecified atom stereocenters. The number of sulfonamides is 1. The van der Waals surface area contributed by atoms with Gasteiger partial charge in [-0.3, -0.25) is 9.48 Å². The summed E-state index contributed by atoms with van der Waals surface area (Å²) in [4.78, 5) is 11.6. The van der Waals surface area contributed by atoms with Crippen LogP contribution < -0.4 is 9.46 Å². The Bertz CT molecular complexity index is 1040. The molecule has 31 heavy (non-hydrogen) atoms. The maximum atomic E-state index is 12.3. The van der Waals surface area contributed by atoms with E-state index in [-0.39, 0.29) is 6.42 Å². The Morgan fingerprint density at radius 1 is 1.29 bits per heavy atom. The summed E-state index contributed by atoms with van der Waals surface area (Å²) in [6.07, 6.45) is -0.495. The summed E-state index contributed by atoms with van der Waals surface area (Å²) in [5.74, 6) is -0.274. The fraction of sp³-hybridized carbons (Fsp3) is 0.474. The number of amides is 1. The van der Waals surface area contributed by atoms with Crippen LogP contribution in [0.5, 0.6) is 5.75 Å². The lowest BCUT2D eigenvalue weighted by Gasteiger charge is -2.14. The topological polar surface area (TPSA) is 90.3 Å². The van der Waals surface area contributed by atoms with Crippen molar-refractivity contribution in [2.45, 2.75) is 45.7 Å². The third kappa shape index (κ3) is 7.13. The van der Waals surface area contributed by atoms with Crippen LogP contribution in [-0.4, -0.2) is 36.2 Å². The second kappa shape index (κ2) is 9.90. The minimum Gasteiger partial charge on any atom is -0.493 e. The maximum Gasteiger partial charge on any atom is 0.516 e. The lowest BCUT2D eigenvalue weighted by Crippen LogP contribution is -2.40. The zero-order valence-electron chi connectivity index (χ0n) is 17.2. The third-order valence-electron chi connectivity index (χ3n) is 4.11. The van der Waals surface area contributed by atoms with Crippen LogP contribution in [0.3, 0.4) is 0 Å². The molecule has 0 saturated carbocycles. The van der Waals surface area contributed by atoms with Gasteiger partial charge in [0.2, 0.25) is 5.91 Å². The number of hydrogen-bond acceptors (Lipinski definition) is 5. The molecule has 12 heteroatoms. The van der Waals surface area contributed by atoms with Gasteiger partial charge >= 0.3 is 15.5 Å². The first kappa shape index (κ1) is 25.0. The summed E-state index contributed by atoms with van der Waals surface area (Å²) in [7, 11) is -5.72. The van der Waals surface area contributed by atoms with E-state index in [1.807, 2.05) is 13.8 Å². The van der Waals surface area contributed by atoms with Crippen LogP contribution in [-0.2, 0) is 27.8 Å². The van der Waals surface area contributed by atoms with E-state index >= 15 is 0 Å². The van der Waals surface area contributed by atoms with Crippen molar-refractivity contribution in [1.29, 1.82) is 0 Å².